The van der Waals surface area contributed by atoms with Crippen LogP contribution >= 0.6 is 0 Å². The minimum absolute atomic E-state index is 0.0742. The van der Waals surface area contributed by atoms with Crippen LogP contribution in [0, 0.1) is 5.82 Å². The molecule has 1 fully saturated rings. The fourth-order valence-corrected chi connectivity index (χ4v) is 3.93. The molecule has 0 saturated carbocycles. The van der Waals surface area contributed by atoms with E-state index in [1.807, 2.05) is 21.9 Å². The number of fused-ring (bicyclic) bond motifs is 1. The van der Waals surface area contributed by atoms with Crippen LogP contribution in [0.15, 0.2) is 42.5 Å². The molecule has 6 heteroatoms. The highest BCUT2D eigenvalue weighted by molar-refractivity contribution is 5.95. The third-order valence-electron chi connectivity index (χ3n) is 5.50. The molecule has 1 N–H and O–H groups in total. The molecule has 2 aromatic carbocycles. The molecule has 0 bridgehead atoms. The molecule has 0 aromatic heterocycles. The predicted octanol–water partition coefficient (Wildman–Crippen LogP) is 2.71. The number of hydrogen-bond donors (Lipinski definition) is 1. The van der Waals surface area contributed by atoms with Crippen molar-refractivity contribution in [2.24, 2.45) is 0 Å². The molecule has 0 spiro atoms. The summed E-state index contributed by atoms with van der Waals surface area (Å²) in [6, 6.07) is 11.8. The summed E-state index contributed by atoms with van der Waals surface area (Å²) in [6.45, 7) is 2.80. The lowest BCUT2D eigenvalue weighted by molar-refractivity contribution is -0.117. The molecule has 0 unspecified atom stereocenters. The van der Waals surface area contributed by atoms with Gasteiger partial charge in [0.25, 0.3) is 5.91 Å². The second-order valence-electron chi connectivity index (χ2n) is 7.46. The van der Waals surface area contributed by atoms with Gasteiger partial charge in [-0.15, -0.1) is 0 Å². The summed E-state index contributed by atoms with van der Waals surface area (Å²) >= 11 is 0. The first kappa shape index (κ1) is 18.6. The Bertz CT molecular complexity index is 874. The van der Waals surface area contributed by atoms with E-state index >= 15 is 0 Å². The van der Waals surface area contributed by atoms with Crippen molar-refractivity contribution in [2.75, 3.05) is 38.0 Å². The van der Waals surface area contributed by atoms with Crippen molar-refractivity contribution < 1.29 is 14.0 Å². The molecular weight excluding hydrogens is 357 g/mol. The Hall–Kier alpha value is -2.73. The topological polar surface area (TPSA) is 52.7 Å². The zero-order valence-electron chi connectivity index (χ0n) is 15.8. The van der Waals surface area contributed by atoms with E-state index in [-0.39, 0.29) is 24.2 Å². The van der Waals surface area contributed by atoms with Crippen molar-refractivity contribution in [1.82, 2.24) is 9.80 Å². The van der Waals surface area contributed by atoms with Crippen LogP contribution < -0.4 is 5.32 Å². The van der Waals surface area contributed by atoms with Gasteiger partial charge >= 0.3 is 0 Å². The number of aryl methyl sites for hydroxylation is 2. The second-order valence-corrected chi connectivity index (χ2v) is 7.46. The van der Waals surface area contributed by atoms with E-state index in [2.05, 4.69) is 11.4 Å². The first-order chi connectivity index (χ1) is 13.6. The van der Waals surface area contributed by atoms with Gasteiger partial charge in [0, 0.05) is 37.4 Å². The summed E-state index contributed by atoms with van der Waals surface area (Å²) < 4.78 is 12.9. The van der Waals surface area contributed by atoms with Gasteiger partial charge in [-0.05, 0) is 66.8 Å². The normalized spacial score (nSPS) is 16.7. The lowest BCUT2D eigenvalue weighted by Gasteiger charge is -2.34. The van der Waals surface area contributed by atoms with Gasteiger partial charge in [-0.25, -0.2) is 4.39 Å². The summed E-state index contributed by atoms with van der Waals surface area (Å²) in [5, 5.41) is 2.77. The number of nitrogens with zero attached hydrogens (tertiary/aromatic N) is 2. The quantitative estimate of drug-likeness (QED) is 0.886. The number of benzene rings is 2. The molecular formula is C22H24FN3O2. The number of halogens is 1. The fourth-order valence-electron chi connectivity index (χ4n) is 3.93. The highest BCUT2D eigenvalue weighted by Crippen LogP contribution is 2.23. The minimum Gasteiger partial charge on any atom is -0.336 e. The van der Waals surface area contributed by atoms with Crippen LogP contribution in [0.1, 0.15) is 27.9 Å². The van der Waals surface area contributed by atoms with E-state index < -0.39 is 0 Å². The summed E-state index contributed by atoms with van der Waals surface area (Å²) in [7, 11) is 0. The number of amides is 2. The van der Waals surface area contributed by atoms with Gasteiger partial charge in [-0.1, -0.05) is 6.07 Å². The molecule has 5 nitrogen and oxygen atoms in total. The number of hydrogen-bond acceptors (Lipinski definition) is 3. The van der Waals surface area contributed by atoms with Gasteiger partial charge in [0.05, 0.1) is 6.54 Å². The van der Waals surface area contributed by atoms with Crippen molar-refractivity contribution >= 4 is 17.5 Å². The average Bonchev–Trinajstić information content (AvgIpc) is 3.17. The van der Waals surface area contributed by atoms with Crippen molar-refractivity contribution in [1.29, 1.82) is 0 Å². The number of piperazine rings is 1. The molecule has 2 aromatic rings. The smallest absolute Gasteiger partial charge is 0.253 e. The summed E-state index contributed by atoms with van der Waals surface area (Å²) in [6.07, 6.45) is 3.35. The standard InChI is InChI=1S/C22H24FN3O2/c23-19-6-8-20(9-7-19)24-21(27)15-25-10-12-26(13-11-25)22(28)18-5-4-16-2-1-3-17(16)14-18/h4-9,14H,1-3,10-13,15H2,(H,24,27). The number of carbonyl (C=O) groups is 2. The van der Waals surface area contributed by atoms with Crippen LogP contribution in [0.5, 0.6) is 0 Å². The maximum atomic E-state index is 12.9. The van der Waals surface area contributed by atoms with Gasteiger partial charge < -0.3 is 10.2 Å². The number of rotatable bonds is 4. The number of anilines is 1. The predicted molar refractivity (Wildman–Crippen MR) is 106 cm³/mol. The average molecular weight is 381 g/mol. The van der Waals surface area contributed by atoms with Crippen LogP contribution in [-0.4, -0.2) is 54.3 Å². The van der Waals surface area contributed by atoms with Gasteiger partial charge in [0.15, 0.2) is 0 Å². The van der Waals surface area contributed by atoms with Crippen LogP contribution in [0.2, 0.25) is 0 Å². The highest BCUT2D eigenvalue weighted by atomic mass is 19.1. The van der Waals surface area contributed by atoms with Crippen molar-refractivity contribution in [3.63, 3.8) is 0 Å². The maximum Gasteiger partial charge on any atom is 0.253 e. The Kier molecular flexibility index (Phi) is 5.39. The zero-order chi connectivity index (χ0) is 19.5. The van der Waals surface area contributed by atoms with Crippen molar-refractivity contribution in [2.45, 2.75) is 19.3 Å². The monoisotopic (exact) mass is 381 g/mol. The first-order valence-corrected chi connectivity index (χ1v) is 9.77. The van der Waals surface area contributed by atoms with Gasteiger partial charge in [-0.3, -0.25) is 14.5 Å². The Balaban J connectivity index is 1.27. The molecule has 1 saturated heterocycles. The maximum absolute atomic E-state index is 12.9. The minimum atomic E-state index is -0.331. The summed E-state index contributed by atoms with van der Waals surface area (Å²) in [5.74, 6) is -0.391. The molecule has 2 aliphatic rings. The molecule has 2 amide bonds. The zero-order valence-corrected chi connectivity index (χ0v) is 15.8. The number of nitrogens with one attached hydrogen (secondary N) is 1. The van der Waals surface area contributed by atoms with Crippen LogP contribution in [-0.2, 0) is 17.6 Å². The van der Waals surface area contributed by atoms with E-state index in [0.29, 0.717) is 31.9 Å². The molecule has 28 heavy (non-hydrogen) atoms. The van der Waals surface area contributed by atoms with Gasteiger partial charge in [0.1, 0.15) is 5.82 Å². The van der Waals surface area contributed by atoms with E-state index in [1.54, 1.807) is 12.1 Å². The largest absolute Gasteiger partial charge is 0.336 e. The van der Waals surface area contributed by atoms with Crippen LogP contribution in [0.3, 0.4) is 0 Å². The SMILES string of the molecule is O=C(CN1CCN(C(=O)c2ccc3c(c2)CCC3)CC1)Nc1ccc(F)cc1. The lowest BCUT2D eigenvalue weighted by Crippen LogP contribution is -2.50. The second kappa shape index (κ2) is 8.10. The molecule has 1 aliphatic heterocycles. The fraction of sp³-hybridized carbons (Fsp3) is 0.364. The molecule has 1 aliphatic carbocycles. The lowest BCUT2D eigenvalue weighted by atomic mass is 10.1. The van der Waals surface area contributed by atoms with E-state index in [0.717, 1.165) is 18.4 Å². The Morgan fingerprint density at radius 2 is 1.64 bits per heavy atom. The molecule has 0 atom stereocenters. The summed E-state index contributed by atoms with van der Waals surface area (Å²) in [5.41, 5.74) is 4.02. The molecule has 0 radical (unpaired) electrons. The molecule has 146 valence electrons. The van der Waals surface area contributed by atoms with Crippen molar-refractivity contribution in [3.05, 3.63) is 65.0 Å². The summed E-state index contributed by atoms with van der Waals surface area (Å²) in [4.78, 5) is 28.9. The Morgan fingerprint density at radius 1 is 0.929 bits per heavy atom. The molecule has 4 rings (SSSR count). The van der Waals surface area contributed by atoms with E-state index in [4.69, 9.17) is 0 Å². The highest BCUT2D eigenvalue weighted by Gasteiger charge is 2.24. The van der Waals surface area contributed by atoms with Gasteiger partial charge in [-0.2, -0.15) is 0 Å². The third kappa shape index (κ3) is 4.22. The Labute approximate surface area is 164 Å². The number of carbonyl (C=O) groups excluding carboxylic acids is 2. The van der Waals surface area contributed by atoms with Gasteiger partial charge in [0.2, 0.25) is 5.91 Å². The van der Waals surface area contributed by atoms with E-state index in [9.17, 15) is 14.0 Å². The Morgan fingerprint density at radius 3 is 2.39 bits per heavy atom. The molecule has 1 heterocycles. The third-order valence-corrected chi connectivity index (χ3v) is 5.50. The van der Waals surface area contributed by atoms with Crippen LogP contribution in [0.25, 0.3) is 0 Å². The van der Waals surface area contributed by atoms with Crippen LogP contribution in [0.4, 0.5) is 10.1 Å². The van der Waals surface area contributed by atoms with E-state index in [1.165, 1.54) is 29.7 Å². The van der Waals surface area contributed by atoms with Crippen molar-refractivity contribution in [3.8, 4) is 0 Å². The first-order valence-electron chi connectivity index (χ1n) is 9.77.